The van der Waals surface area contributed by atoms with E-state index < -0.39 is 0 Å². The molecule has 1 aliphatic rings. The van der Waals surface area contributed by atoms with E-state index in [1.807, 2.05) is 54.7 Å². The molecular formula is C60H43N3. The average molecular weight is 806 g/mol. The molecule has 298 valence electrons. The maximum Gasteiger partial charge on any atom is 0.152 e. The summed E-state index contributed by atoms with van der Waals surface area (Å²) >= 11 is 0. The Morgan fingerprint density at radius 2 is 1.08 bits per heavy atom. The number of aliphatic imine (C=N–C) groups is 1. The first-order valence-electron chi connectivity index (χ1n) is 21.5. The Hall–Kier alpha value is -8.01. The van der Waals surface area contributed by atoms with Crippen molar-refractivity contribution in [2.45, 2.75) is 19.3 Å². The molecule has 11 rings (SSSR count). The van der Waals surface area contributed by atoms with Crippen LogP contribution in [0.2, 0.25) is 0 Å². The van der Waals surface area contributed by atoms with Crippen molar-refractivity contribution in [2.75, 3.05) is 0 Å². The van der Waals surface area contributed by atoms with E-state index in [0.29, 0.717) is 5.71 Å². The van der Waals surface area contributed by atoms with Gasteiger partial charge in [-0.15, -0.1) is 0 Å². The highest BCUT2D eigenvalue weighted by Crippen LogP contribution is 2.51. The number of hydrogen-bond acceptors (Lipinski definition) is 2. The lowest BCUT2D eigenvalue weighted by Gasteiger charge is -2.22. The molecule has 3 nitrogen and oxygen atoms in total. The van der Waals surface area contributed by atoms with Crippen molar-refractivity contribution in [2.24, 2.45) is 4.99 Å². The summed E-state index contributed by atoms with van der Waals surface area (Å²) in [7, 11) is 0. The van der Waals surface area contributed by atoms with E-state index in [9.17, 15) is 0 Å². The quantitative estimate of drug-likeness (QED) is 0.127. The summed E-state index contributed by atoms with van der Waals surface area (Å²) in [6.07, 6.45) is 7.84. The molecule has 9 aromatic carbocycles. The van der Waals surface area contributed by atoms with Gasteiger partial charge in [-0.25, -0.2) is 4.99 Å². The van der Waals surface area contributed by atoms with Crippen molar-refractivity contribution >= 4 is 49.9 Å². The first-order valence-corrected chi connectivity index (χ1v) is 21.5. The van der Waals surface area contributed by atoms with Gasteiger partial charge >= 0.3 is 0 Å². The van der Waals surface area contributed by atoms with Gasteiger partial charge in [-0.3, -0.25) is 10.4 Å². The van der Waals surface area contributed by atoms with E-state index >= 15 is 0 Å². The minimum absolute atomic E-state index is 0.115. The molecule has 63 heavy (non-hydrogen) atoms. The molecule has 1 heterocycles. The fourth-order valence-electron chi connectivity index (χ4n) is 9.62. The molecule has 0 fully saturated rings. The number of pyridine rings is 1. The number of allylic oxidation sites excluding steroid dienone is 1. The van der Waals surface area contributed by atoms with E-state index in [0.717, 1.165) is 33.2 Å². The van der Waals surface area contributed by atoms with Crippen LogP contribution >= 0.6 is 0 Å². The number of aromatic nitrogens is 1. The summed E-state index contributed by atoms with van der Waals surface area (Å²) in [6, 6.07) is 69.2. The topological polar surface area (TPSA) is 49.1 Å². The first kappa shape index (κ1) is 38.0. The Balaban J connectivity index is 0.983. The van der Waals surface area contributed by atoms with Gasteiger partial charge in [0, 0.05) is 34.5 Å². The summed E-state index contributed by atoms with van der Waals surface area (Å²) in [5.41, 5.74) is 15.7. The number of nitrogens with zero attached hydrogens (tertiary/aromatic N) is 2. The van der Waals surface area contributed by atoms with Crippen molar-refractivity contribution in [1.82, 2.24) is 4.98 Å². The molecule has 0 amide bonds. The molecule has 1 aromatic heterocycles. The van der Waals surface area contributed by atoms with Gasteiger partial charge in [0.05, 0.1) is 5.71 Å². The number of rotatable bonds is 7. The van der Waals surface area contributed by atoms with Gasteiger partial charge in [-0.2, -0.15) is 0 Å². The molecule has 0 saturated carbocycles. The van der Waals surface area contributed by atoms with Crippen LogP contribution in [0.15, 0.2) is 218 Å². The number of amidine groups is 1. The molecule has 0 saturated heterocycles. The Labute approximate surface area is 367 Å². The fourth-order valence-corrected chi connectivity index (χ4v) is 9.62. The zero-order chi connectivity index (χ0) is 42.5. The van der Waals surface area contributed by atoms with E-state index in [1.165, 1.54) is 71.4 Å². The van der Waals surface area contributed by atoms with Gasteiger partial charge in [-0.1, -0.05) is 184 Å². The summed E-state index contributed by atoms with van der Waals surface area (Å²) in [5, 5.41) is 16.3. The zero-order valence-corrected chi connectivity index (χ0v) is 35.2. The first-order chi connectivity index (χ1) is 30.9. The second kappa shape index (κ2) is 15.5. The summed E-state index contributed by atoms with van der Waals surface area (Å²) < 4.78 is 0. The molecule has 0 aliphatic heterocycles. The lowest BCUT2D eigenvalue weighted by atomic mass is 9.80. The predicted molar refractivity (Wildman–Crippen MR) is 266 cm³/mol. The van der Waals surface area contributed by atoms with Crippen molar-refractivity contribution < 1.29 is 0 Å². The second-order valence-electron chi connectivity index (χ2n) is 17.0. The number of benzene rings is 9. The predicted octanol–water partition coefficient (Wildman–Crippen LogP) is 15.4. The highest BCUT2D eigenvalue weighted by atomic mass is 14.8. The van der Waals surface area contributed by atoms with Crippen LogP contribution in [0.25, 0.3) is 82.9 Å². The Morgan fingerprint density at radius 1 is 0.476 bits per heavy atom. The second-order valence-corrected chi connectivity index (χ2v) is 17.0. The highest BCUT2D eigenvalue weighted by molar-refractivity contribution is 6.19. The Morgan fingerprint density at radius 3 is 1.84 bits per heavy atom. The normalized spacial score (nSPS) is 13.1. The third-order valence-electron chi connectivity index (χ3n) is 12.9. The Kier molecular flexibility index (Phi) is 9.32. The minimum atomic E-state index is -0.115. The van der Waals surface area contributed by atoms with Crippen LogP contribution < -0.4 is 0 Å². The molecule has 3 heteroatoms. The van der Waals surface area contributed by atoms with E-state index in [4.69, 9.17) is 10.4 Å². The zero-order valence-electron chi connectivity index (χ0n) is 35.2. The largest absolute Gasteiger partial charge is 0.282 e. The van der Waals surface area contributed by atoms with Crippen molar-refractivity contribution in [3.8, 4) is 44.5 Å². The fraction of sp³-hybridized carbons (Fsp3) is 0.0500. The molecule has 1 aliphatic carbocycles. The molecule has 10 aromatic rings. The van der Waals surface area contributed by atoms with Crippen LogP contribution in [-0.4, -0.2) is 16.5 Å². The van der Waals surface area contributed by atoms with Gasteiger partial charge in [0.15, 0.2) is 5.84 Å². The monoisotopic (exact) mass is 805 g/mol. The summed E-state index contributed by atoms with van der Waals surface area (Å²) in [4.78, 5) is 9.27. The lowest BCUT2D eigenvalue weighted by molar-refractivity contribution is 0.661. The van der Waals surface area contributed by atoms with Gasteiger partial charge in [0.2, 0.25) is 0 Å². The molecule has 0 spiro atoms. The summed E-state index contributed by atoms with van der Waals surface area (Å²) in [5.74, 6) is 0.208. The van der Waals surface area contributed by atoms with Crippen LogP contribution in [0, 0.1) is 5.41 Å². The van der Waals surface area contributed by atoms with E-state index in [1.54, 1.807) is 6.20 Å². The molecule has 1 N–H and O–H groups in total. The van der Waals surface area contributed by atoms with Crippen molar-refractivity contribution in [3.63, 3.8) is 0 Å². The van der Waals surface area contributed by atoms with E-state index in [2.05, 4.69) is 177 Å². The van der Waals surface area contributed by atoms with Gasteiger partial charge in [-0.05, 0) is 124 Å². The lowest BCUT2D eigenvalue weighted by Crippen LogP contribution is -2.15. The standard InChI is InChI=1S/C60H43N3/c1-60(2)56-37-44(26-29-54(56)55-35-42-16-6-7-17-43(42)36-57(55)60)48-30-31-53(51-24-11-10-23-50(48)51)52-28-25-39(47-21-8-9-22-49(47)52)27-32-58(63-59(61)40-14-4-3-5-15-40)45-19-12-18-41(34-45)46-20-13-33-62-38-46/h3-38,61H,1-2H3/b32-27+,61-59?,63-58?. The third-order valence-corrected chi connectivity index (χ3v) is 12.9. The molecular weight excluding hydrogens is 763 g/mol. The summed E-state index contributed by atoms with van der Waals surface area (Å²) in [6.45, 7) is 4.73. The third kappa shape index (κ3) is 6.75. The SMILES string of the molecule is CC1(C)c2cc(-c3ccc(-c4ccc(/C=C/C(=NC(=N)c5ccccc5)c5cccc(-c6cccnc6)c5)c5ccccc45)c4ccccc34)ccc2-c2cc3ccccc3cc21. The smallest absolute Gasteiger partial charge is 0.152 e. The maximum atomic E-state index is 8.97. The van der Waals surface area contributed by atoms with Gasteiger partial charge in [0.25, 0.3) is 0 Å². The highest BCUT2D eigenvalue weighted by Gasteiger charge is 2.36. The van der Waals surface area contributed by atoms with E-state index in [-0.39, 0.29) is 11.3 Å². The van der Waals surface area contributed by atoms with Crippen molar-refractivity contribution in [3.05, 3.63) is 240 Å². The maximum absolute atomic E-state index is 8.97. The van der Waals surface area contributed by atoms with Crippen LogP contribution in [0.4, 0.5) is 0 Å². The minimum Gasteiger partial charge on any atom is -0.282 e. The molecule has 0 unspecified atom stereocenters. The van der Waals surface area contributed by atoms with Gasteiger partial charge < -0.3 is 0 Å². The number of nitrogens with one attached hydrogen (secondary N) is 1. The average Bonchev–Trinajstić information content (AvgIpc) is 3.56. The molecule has 0 bridgehead atoms. The number of fused-ring (bicyclic) bond motifs is 6. The van der Waals surface area contributed by atoms with Gasteiger partial charge in [0.1, 0.15) is 0 Å². The van der Waals surface area contributed by atoms with Crippen LogP contribution in [0.3, 0.4) is 0 Å². The van der Waals surface area contributed by atoms with Crippen LogP contribution in [0.5, 0.6) is 0 Å². The van der Waals surface area contributed by atoms with Crippen LogP contribution in [-0.2, 0) is 5.41 Å². The Bertz CT molecular complexity index is 3490. The number of hydrogen-bond donors (Lipinski definition) is 1. The molecule has 0 atom stereocenters. The van der Waals surface area contributed by atoms with Crippen molar-refractivity contribution in [1.29, 1.82) is 5.41 Å². The molecule has 0 radical (unpaired) electrons. The van der Waals surface area contributed by atoms with Crippen LogP contribution in [0.1, 0.15) is 41.7 Å².